The molecule has 0 atom stereocenters. The lowest BCUT2D eigenvalue weighted by molar-refractivity contribution is -0.119. The lowest BCUT2D eigenvalue weighted by atomic mass is 10.2. The Morgan fingerprint density at radius 1 is 0.966 bits per heavy atom. The number of hydrogen-bond acceptors (Lipinski definition) is 6. The smallest absolute Gasteiger partial charge is 0.412 e. The maximum Gasteiger partial charge on any atom is 0.412 e. The molecule has 0 aliphatic heterocycles. The Balaban J connectivity index is 1.86. The predicted octanol–water partition coefficient (Wildman–Crippen LogP) is 4.55. The van der Waals surface area contributed by atoms with E-state index in [0.29, 0.717) is 11.4 Å². The highest BCUT2D eigenvalue weighted by Crippen LogP contribution is 2.24. The molecule has 0 spiro atoms. The van der Waals surface area contributed by atoms with Gasteiger partial charge in [-0.15, -0.1) is 11.8 Å². The van der Waals surface area contributed by atoms with Gasteiger partial charge in [-0.25, -0.2) is 9.59 Å². The topological polar surface area (TPSA) is 93.7 Å². The summed E-state index contributed by atoms with van der Waals surface area (Å²) in [6.07, 6.45) is 1.32. The normalized spacial score (nSPS) is 10.8. The van der Waals surface area contributed by atoms with Crippen molar-refractivity contribution in [2.75, 3.05) is 23.5 Å². The average Bonchev–Trinajstić information content (AvgIpc) is 2.65. The molecule has 2 amide bonds. The zero-order chi connectivity index (χ0) is 21.4. The fraction of sp³-hybridized carbons (Fsp3) is 0.286. The molecule has 0 saturated heterocycles. The third kappa shape index (κ3) is 7.50. The van der Waals surface area contributed by atoms with Crippen LogP contribution in [0, 0.1) is 0 Å². The van der Waals surface area contributed by atoms with Crippen LogP contribution in [0.25, 0.3) is 0 Å². The molecule has 2 N–H and O–H groups in total. The zero-order valence-electron chi connectivity index (χ0n) is 16.8. The van der Waals surface area contributed by atoms with E-state index in [9.17, 15) is 14.4 Å². The predicted molar refractivity (Wildman–Crippen MR) is 113 cm³/mol. The van der Waals surface area contributed by atoms with Gasteiger partial charge in [-0.1, -0.05) is 12.1 Å². The molecule has 29 heavy (non-hydrogen) atoms. The highest BCUT2D eigenvalue weighted by Gasteiger charge is 2.16. The number of carbonyl (C=O) groups excluding carboxylic acids is 3. The van der Waals surface area contributed by atoms with Crippen LogP contribution in [-0.4, -0.2) is 36.4 Å². The minimum atomic E-state index is -0.637. The minimum Gasteiger partial charge on any atom is -0.452 e. The summed E-state index contributed by atoms with van der Waals surface area (Å²) in [5, 5.41) is 5.29. The molecule has 2 aromatic rings. The van der Waals surface area contributed by atoms with Crippen molar-refractivity contribution in [2.24, 2.45) is 0 Å². The van der Waals surface area contributed by atoms with Crippen LogP contribution in [0.2, 0.25) is 0 Å². The molecule has 0 aromatic heterocycles. The summed E-state index contributed by atoms with van der Waals surface area (Å²) in [6.45, 7) is 4.89. The van der Waals surface area contributed by atoms with Crippen molar-refractivity contribution in [1.29, 1.82) is 0 Å². The Kier molecular flexibility index (Phi) is 7.67. The Bertz CT molecular complexity index is 875. The molecular formula is C21H24N2O5S. The van der Waals surface area contributed by atoms with E-state index in [-0.39, 0.29) is 5.56 Å². The second-order valence-corrected chi connectivity index (χ2v) is 7.88. The van der Waals surface area contributed by atoms with Crippen molar-refractivity contribution in [3.05, 3.63) is 54.1 Å². The number of benzene rings is 2. The van der Waals surface area contributed by atoms with Crippen LogP contribution < -0.4 is 10.6 Å². The summed E-state index contributed by atoms with van der Waals surface area (Å²) < 4.78 is 10.2. The van der Waals surface area contributed by atoms with Gasteiger partial charge in [0.15, 0.2) is 6.61 Å². The molecule has 2 aromatic carbocycles. The number of thioether (sulfide) groups is 1. The van der Waals surface area contributed by atoms with E-state index in [0.717, 1.165) is 4.90 Å². The Hall–Kier alpha value is -3.00. The molecule has 7 nitrogen and oxygen atoms in total. The molecule has 0 unspecified atom stereocenters. The summed E-state index contributed by atoms with van der Waals surface area (Å²) in [4.78, 5) is 36.8. The molecule has 0 aliphatic rings. The highest BCUT2D eigenvalue weighted by atomic mass is 32.2. The number of amides is 2. The summed E-state index contributed by atoms with van der Waals surface area (Å²) in [5.41, 5.74) is 0.794. The van der Waals surface area contributed by atoms with E-state index in [4.69, 9.17) is 9.47 Å². The standard InChI is InChI=1S/C21H24N2O5S/c1-21(2,3)28-20(26)22-15-11-9-14(10-12-15)19(25)27-13-18(24)23-16-7-5-6-8-17(16)29-4/h5-12H,13H2,1-4H3,(H,22,26)(H,23,24). The van der Waals surface area contributed by atoms with Gasteiger partial charge in [-0.2, -0.15) is 0 Å². The second-order valence-electron chi connectivity index (χ2n) is 7.03. The number of nitrogens with one attached hydrogen (secondary N) is 2. The molecule has 154 valence electrons. The number of ether oxygens (including phenoxy) is 2. The van der Waals surface area contributed by atoms with Gasteiger partial charge in [-0.05, 0) is 63.4 Å². The highest BCUT2D eigenvalue weighted by molar-refractivity contribution is 7.98. The Labute approximate surface area is 174 Å². The van der Waals surface area contributed by atoms with Gasteiger partial charge in [0.2, 0.25) is 0 Å². The monoisotopic (exact) mass is 416 g/mol. The van der Waals surface area contributed by atoms with Crippen LogP contribution >= 0.6 is 11.8 Å². The molecule has 0 fully saturated rings. The van der Waals surface area contributed by atoms with E-state index in [1.54, 1.807) is 39.0 Å². The Morgan fingerprint density at radius 2 is 1.62 bits per heavy atom. The summed E-state index contributed by atoms with van der Waals surface area (Å²) in [5.74, 6) is -1.06. The molecular weight excluding hydrogens is 392 g/mol. The van der Waals surface area contributed by atoms with Crippen LogP contribution in [0.5, 0.6) is 0 Å². The first kappa shape index (κ1) is 22.3. The average molecular weight is 416 g/mol. The fourth-order valence-electron chi connectivity index (χ4n) is 2.26. The Morgan fingerprint density at radius 3 is 2.24 bits per heavy atom. The largest absolute Gasteiger partial charge is 0.452 e. The second kappa shape index (κ2) is 9.97. The lowest BCUT2D eigenvalue weighted by Gasteiger charge is -2.19. The third-order valence-corrected chi connectivity index (χ3v) is 4.28. The van der Waals surface area contributed by atoms with Crippen molar-refractivity contribution in [1.82, 2.24) is 0 Å². The van der Waals surface area contributed by atoms with Gasteiger partial charge >= 0.3 is 12.1 Å². The minimum absolute atomic E-state index is 0.261. The van der Waals surface area contributed by atoms with E-state index in [2.05, 4.69) is 10.6 Å². The lowest BCUT2D eigenvalue weighted by Crippen LogP contribution is -2.27. The molecule has 0 heterocycles. The van der Waals surface area contributed by atoms with Crippen LogP contribution in [-0.2, 0) is 14.3 Å². The van der Waals surface area contributed by atoms with E-state index >= 15 is 0 Å². The first-order valence-electron chi connectivity index (χ1n) is 8.88. The van der Waals surface area contributed by atoms with E-state index in [1.165, 1.54) is 23.9 Å². The molecule has 2 rings (SSSR count). The third-order valence-electron chi connectivity index (χ3n) is 3.48. The van der Waals surface area contributed by atoms with Crippen LogP contribution in [0.4, 0.5) is 16.2 Å². The van der Waals surface area contributed by atoms with Crippen LogP contribution in [0.15, 0.2) is 53.4 Å². The van der Waals surface area contributed by atoms with Crippen molar-refractivity contribution in [2.45, 2.75) is 31.3 Å². The van der Waals surface area contributed by atoms with Gasteiger partial charge in [0, 0.05) is 10.6 Å². The van der Waals surface area contributed by atoms with Crippen molar-refractivity contribution in [3.8, 4) is 0 Å². The van der Waals surface area contributed by atoms with Gasteiger partial charge in [-0.3, -0.25) is 10.1 Å². The number of esters is 1. The number of anilines is 2. The molecule has 0 bridgehead atoms. The van der Waals surface area contributed by atoms with Crippen LogP contribution in [0.3, 0.4) is 0 Å². The van der Waals surface area contributed by atoms with Gasteiger partial charge in [0.25, 0.3) is 5.91 Å². The van der Waals surface area contributed by atoms with Crippen molar-refractivity contribution < 1.29 is 23.9 Å². The first-order chi connectivity index (χ1) is 13.7. The summed E-state index contributed by atoms with van der Waals surface area (Å²) >= 11 is 1.51. The van der Waals surface area contributed by atoms with Gasteiger partial charge in [0.1, 0.15) is 5.60 Å². The van der Waals surface area contributed by atoms with Crippen LogP contribution in [0.1, 0.15) is 31.1 Å². The number of carbonyl (C=O) groups is 3. The molecule has 0 saturated carbocycles. The quantitative estimate of drug-likeness (QED) is 0.530. The maximum atomic E-state index is 12.1. The number of para-hydroxylation sites is 1. The molecule has 0 aliphatic carbocycles. The van der Waals surface area contributed by atoms with Crippen molar-refractivity contribution in [3.63, 3.8) is 0 Å². The number of hydrogen-bond donors (Lipinski definition) is 2. The molecule has 0 radical (unpaired) electrons. The molecule has 8 heteroatoms. The first-order valence-corrected chi connectivity index (χ1v) is 10.1. The SMILES string of the molecule is CSc1ccccc1NC(=O)COC(=O)c1ccc(NC(=O)OC(C)(C)C)cc1. The fourth-order valence-corrected chi connectivity index (χ4v) is 2.81. The van der Waals surface area contributed by atoms with E-state index in [1.807, 2.05) is 24.5 Å². The summed E-state index contributed by atoms with van der Waals surface area (Å²) in [7, 11) is 0. The maximum absolute atomic E-state index is 12.1. The van der Waals surface area contributed by atoms with Gasteiger partial charge in [0.05, 0.1) is 11.3 Å². The van der Waals surface area contributed by atoms with Gasteiger partial charge < -0.3 is 14.8 Å². The zero-order valence-corrected chi connectivity index (χ0v) is 17.6. The van der Waals surface area contributed by atoms with E-state index < -0.39 is 30.2 Å². The summed E-state index contributed by atoms with van der Waals surface area (Å²) in [6, 6.07) is 13.5. The van der Waals surface area contributed by atoms with Crippen molar-refractivity contribution >= 4 is 41.1 Å². The number of rotatable bonds is 6.